The minimum atomic E-state index is 0.273. The van der Waals surface area contributed by atoms with Crippen LogP contribution >= 0.6 is 0 Å². The molecule has 1 nitrogen and oxygen atoms in total. The van der Waals surface area contributed by atoms with Crippen LogP contribution in [0.5, 0.6) is 0 Å². The molecule has 2 atom stereocenters. The highest BCUT2D eigenvalue weighted by Crippen LogP contribution is 2.51. The molecular weight excluding hydrogens is 160 g/mol. The van der Waals surface area contributed by atoms with Gasteiger partial charge in [0, 0.05) is 18.3 Å². The summed E-state index contributed by atoms with van der Waals surface area (Å²) in [6.45, 7) is 4.53. The van der Waals surface area contributed by atoms with Crippen LogP contribution in [0.1, 0.15) is 46.0 Å². The molecule has 1 saturated carbocycles. The average Bonchev–Trinajstić information content (AvgIpc) is 2.46. The van der Waals surface area contributed by atoms with Crippen molar-refractivity contribution in [1.82, 2.24) is 0 Å². The summed E-state index contributed by atoms with van der Waals surface area (Å²) in [5.41, 5.74) is 1.76. The summed E-state index contributed by atoms with van der Waals surface area (Å²) < 4.78 is 0. The summed E-state index contributed by atoms with van der Waals surface area (Å²) in [5.74, 6) is 1.19. The van der Waals surface area contributed by atoms with Gasteiger partial charge in [0.15, 0.2) is 0 Å². The van der Waals surface area contributed by atoms with Crippen LogP contribution in [0.25, 0.3) is 0 Å². The highest BCUT2D eigenvalue weighted by atomic mass is 16.1. The molecule has 72 valence electrons. The van der Waals surface area contributed by atoms with E-state index in [0.717, 1.165) is 19.3 Å². The summed E-state index contributed by atoms with van der Waals surface area (Å²) in [4.78, 5) is 11.4. The fourth-order valence-corrected chi connectivity index (χ4v) is 3.07. The molecule has 1 heteroatoms. The second kappa shape index (κ2) is 2.97. The van der Waals surface area contributed by atoms with Crippen molar-refractivity contribution in [3.05, 3.63) is 11.6 Å². The maximum Gasteiger partial charge on any atom is 0.133 e. The van der Waals surface area contributed by atoms with Gasteiger partial charge >= 0.3 is 0 Å². The minimum absolute atomic E-state index is 0.273. The number of carbonyl (C=O) groups is 1. The Morgan fingerprint density at radius 1 is 1.54 bits per heavy atom. The van der Waals surface area contributed by atoms with Gasteiger partial charge in [0.25, 0.3) is 0 Å². The number of hydrogen-bond acceptors (Lipinski definition) is 1. The van der Waals surface area contributed by atoms with Crippen LogP contribution in [0, 0.1) is 11.3 Å². The van der Waals surface area contributed by atoms with E-state index in [1.165, 1.54) is 18.4 Å². The van der Waals surface area contributed by atoms with Crippen LogP contribution in [-0.2, 0) is 4.79 Å². The number of Topliss-reactive ketones (excluding diaryl/α,β-unsaturated/α-hetero) is 1. The SMILES string of the molecule is CC1=CCC[C@H](C)[C@@]12CCC(=O)C2. The van der Waals surface area contributed by atoms with Crippen LogP contribution < -0.4 is 0 Å². The zero-order valence-electron chi connectivity index (χ0n) is 8.60. The third-order valence-corrected chi connectivity index (χ3v) is 4.14. The van der Waals surface area contributed by atoms with Crippen molar-refractivity contribution in [3.63, 3.8) is 0 Å². The molecule has 0 aliphatic heterocycles. The first kappa shape index (κ1) is 8.98. The fraction of sp³-hybridized carbons (Fsp3) is 0.750. The summed E-state index contributed by atoms with van der Waals surface area (Å²) in [7, 11) is 0. The molecular formula is C12H18O. The zero-order valence-corrected chi connectivity index (χ0v) is 8.60. The van der Waals surface area contributed by atoms with Gasteiger partial charge in [-0.2, -0.15) is 0 Å². The van der Waals surface area contributed by atoms with E-state index in [2.05, 4.69) is 19.9 Å². The topological polar surface area (TPSA) is 17.1 Å². The number of carbonyl (C=O) groups excluding carboxylic acids is 1. The maximum absolute atomic E-state index is 11.4. The van der Waals surface area contributed by atoms with Crippen molar-refractivity contribution in [2.75, 3.05) is 0 Å². The number of ketones is 1. The Bertz CT molecular complexity index is 264. The summed E-state index contributed by atoms with van der Waals surface area (Å²) in [5, 5.41) is 0. The molecule has 0 aromatic rings. The summed E-state index contributed by atoms with van der Waals surface area (Å²) in [6, 6.07) is 0. The Labute approximate surface area is 80.2 Å². The van der Waals surface area contributed by atoms with E-state index < -0.39 is 0 Å². The molecule has 1 fully saturated rings. The van der Waals surface area contributed by atoms with E-state index in [1.807, 2.05) is 0 Å². The summed E-state index contributed by atoms with van der Waals surface area (Å²) >= 11 is 0. The third kappa shape index (κ3) is 1.25. The Morgan fingerprint density at radius 2 is 2.31 bits per heavy atom. The minimum Gasteiger partial charge on any atom is -0.300 e. The lowest BCUT2D eigenvalue weighted by Crippen LogP contribution is -2.30. The zero-order chi connectivity index (χ0) is 9.47. The average molecular weight is 178 g/mol. The second-order valence-electron chi connectivity index (χ2n) is 4.74. The van der Waals surface area contributed by atoms with Crippen LogP contribution in [0.2, 0.25) is 0 Å². The fourth-order valence-electron chi connectivity index (χ4n) is 3.07. The van der Waals surface area contributed by atoms with E-state index >= 15 is 0 Å². The lowest BCUT2D eigenvalue weighted by Gasteiger charge is -2.39. The van der Waals surface area contributed by atoms with Gasteiger partial charge in [-0.3, -0.25) is 4.79 Å². The molecule has 0 unspecified atom stereocenters. The van der Waals surface area contributed by atoms with Gasteiger partial charge < -0.3 is 0 Å². The normalized spacial score (nSPS) is 39.7. The van der Waals surface area contributed by atoms with Crippen LogP contribution in [0.15, 0.2) is 11.6 Å². The van der Waals surface area contributed by atoms with Crippen molar-refractivity contribution in [2.45, 2.75) is 46.0 Å². The van der Waals surface area contributed by atoms with Crippen LogP contribution in [-0.4, -0.2) is 5.78 Å². The Hall–Kier alpha value is -0.590. The second-order valence-corrected chi connectivity index (χ2v) is 4.74. The van der Waals surface area contributed by atoms with Crippen molar-refractivity contribution in [3.8, 4) is 0 Å². The molecule has 2 aliphatic rings. The van der Waals surface area contributed by atoms with Gasteiger partial charge in [0.2, 0.25) is 0 Å². The Morgan fingerprint density at radius 3 is 2.85 bits per heavy atom. The highest BCUT2D eigenvalue weighted by molar-refractivity contribution is 5.82. The first-order chi connectivity index (χ1) is 6.15. The molecule has 0 radical (unpaired) electrons. The molecule has 0 aromatic heterocycles. The molecule has 0 aromatic carbocycles. The third-order valence-electron chi connectivity index (χ3n) is 4.14. The van der Waals surface area contributed by atoms with Crippen molar-refractivity contribution in [2.24, 2.45) is 11.3 Å². The van der Waals surface area contributed by atoms with Gasteiger partial charge in [-0.25, -0.2) is 0 Å². The van der Waals surface area contributed by atoms with Crippen molar-refractivity contribution >= 4 is 5.78 Å². The summed E-state index contributed by atoms with van der Waals surface area (Å²) in [6.07, 6.45) is 7.56. The first-order valence-electron chi connectivity index (χ1n) is 5.34. The van der Waals surface area contributed by atoms with Crippen molar-refractivity contribution in [1.29, 1.82) is 0 Å². The number of rotatable bonds is 0. The first-order valence-corrected chi connectivity index (χ1v) is 5.34. The number of hydrogen-bond donors (Lipinski definition) is 0. The van der Waals surface area contributed by atoms with Gasteiger partial charge in [-0.1, -0.05) is 18.6 Å². The quantitative estimate of drug-likeness (QED) is 0.521. The van der Waals surface area contributed by atoms with Gasteiger partial charge in [0.1, 0.15) is 5.78 Å². The molecule has 0 saturated heterocycles. The standard InChI is InChI=1S/C12H18O/c1-9-4-3-5-10(2)12(9)7-6-11(13)8-12/h4,10H,3,5-8H2,1-2H3/t10-,12+/m0/s1. The molecule has 13 heavy (non-hydrogen) atoms. The predicted octanol–water partition coefficient (Wildman–Crippen LogP) is 3.10. The lowest BCUT2D eigenvalue weighted by molar-refractivity contribution is -0.118. The largest absolute Gasteiger partial charge is 0.300 e. The molecule has 0 N–H and O–H groups in total. The molecule has 0 heterocycles. The Balaban J connectivity index is 2.32. The number of allylic oxidation sites excluding steroid dienone is 2. The van der Waals surface area contributed by atoms with E-state index in [0.29, 0.717) is 11.7 Å². The van der Waals surface area contributed by atoms with E-state index in [-0.39, 0.29) is 5.41 Å². The molecule has 2 aliphatic carbocycles. The molecule has 0 amide bonds. The van der Waals surface area contributed by atoms with E-state index in [9.17, 15) is 4.79 Å². The lowest BCUT2D eigenvalue weighted by atomic mass is 9.65. The maximum atomic E-state index is 11.4. The predicted molar refractivity (Wildman–Crippen MR) is 53.4 cm³/mol. The van der Waals surface area contributed by atoms with Crippen LogP contribution in [0.4, 0.5) is 0 Å². The van der Waals surface area contributed by atoms with Gasteiger partial charge in [0.05, 0.1) is 0 Å². The molecule has 0 bridgehead atoms. The monoisotopic (exact) mass is 178 g/mol. The van der Waals surface area contributed by atoms with E-state index in [1.54, 1.807) is 0 Å². The van der Waals surface area contributed by atoms with E-state index in [4.69, 9.17) is 0 Å². The van der Waals surface area contributed by atoms with Gasteiger partial charge in [-0.15, -0.1) is 0 Å². The van der Waals surface area contributed by atoms with Crippen LogP contribution in [0.3, 0.4) is 0 Å². The molecule has 1 spiro atoms. The van der Waals surface area contributed by atoms with Crippen molar-refractivity contribution < 1.29 is 4.79 Å². The Kier molecular flexibility index (Phi) is 2.05. The highest BCUT2D eigenvalue weighted by Gasteiger charge is 2.44. The smallest absolute Gasteiger partial charge is 0.133 e. The van der Waals surface area contributed by atoms with Gasteiger partial charge in [-0.05, 0) is 32.1 Å². The molecule has 2 rings (SSSR count).